The maximum Gasteiger partial charge on any atom is 0.343 e. The molecule has 44 heavy (non-hydrogen) atoms. The normalized spacial score (nSPS) is 11.8. The Balaban J connectivity index is 0.00000675. The second-order valence-corrected chi connectivity index (χ2v) is 12.1. The van der Waals surface area contributed by atoms with Crippen LogP contribution in [0.25, 0.3) is 0 Å². The molecule has 0 saturated carbocycles. The molecule has 0 aliphatic heterocycles. The van der Waals surface area contributed by atoms with Crippen molar-refractivity contribution >= 4 is 11.9 Å². The van der Waals surface area contributed by atoms with Gasteiger partial charge in [-0.2, -0.15) is 0 Å². The summed E-state index contributed by atoms with van der Waals surface area (Å²) >= 11 is 0. The molecule has 0 fully saturated rings. The fourth-order valence-corrected chi connectivity index (χ4v) is 4.72. The van der Waals surface area contributed by atoms with Crippen LogP contribution in [0, 0.1) is 0 Å². The number of benzene rings is 3. The number of carbonyl (C=O) groups is 2. The molecule has 1 N–H and O–H groups in total. The van der Waals surface area contributed by atoms with Gasteiger partial charge in [-0.05, 0) is 80.8 Å². The van der Waals surface area contributed by atoms with Crippen LogP contribution in [0.1, 0.15) is 68.3 Å². The number of nitrogens with zero attached hydrogens (tertiary/aromatic N) is 1. The molecule has 0 heterocycles. The van der Waals surface area contributed by atoms with Crippen molar-refractivity contribution in [3.8, 4) is 17.2 Å². The number of hydrogen-bond acceptors (Lipinski definition) is 5. The zero-order valence-electron chi connectivity index (χ0n) is 26.9. The molecule has 1 unspecified atom stereocenters. The zero-order valence-corrected chi connectivity index (χ0v) is 29.0. The van der Waals surface area contributed by atoms with Gasteiger partial charge in [0.25, 0.3) is 5.91 Å². The fourth-order valence-electron chi connectivity index (χ4n) is 4.72. The lowest BCUT2D eigenvalue weighted by Crippen LogP contribution is -3.00. The lowest BCUT2D eigenvalue weighted by Gasteiger charge is -2.33. The van der Waals surface area contributed by atoms with Gasteiger partial charge >= 0.3 is 5.97 Å². The number of rotatable bonds is 18. The van der Waals surface area contributed by atoms with Gasteiger partial charge in [0.2, 0.25) is 0 Å². The fraction of sp³-hybridized carbons (Fsp3) is 0.444. The van der Waals surface area contributed by atoms with Crippen molar-refractivity contribution in [1.82, 2.24) is 5.32 Å². The van der Waals surface area contributed by atoms with Crippen molar-refractivity contribution in [3.05, 3.63) is 90.0 Å². The summed E-state index contributed by atoms with van der Waals surface area (Å²) < 4.78 is 17.5. The van der Waals surface area contributed by atoms with Crippen molar-refractivity contribution in [2.24, 2.45) is 0 Å². The number of amides is 1. The summed E-state index contributed by atoms with van der Waals surface area (Å²) in [5, 5.41) is 3.16. The number of esters is 1. The number of nitrogens with one attached hydrogen (secondary N) is 1. The van der Waals surface area contributed by atoms with E-state index in [9.17, 15) is 9.59 Å². The Morgan fingerprint density at radius 1 is 0.727 bits per heavy atom. The van der Waals surface area contributed by atoms with E-state index in [1.807, 2.05) is 44.2 Å². The van der Waals surface area contributed by atoms with Gasteiger partial charge < -0.3 is 48.0 Å². The van der Waals surface area contributed by atoms with E-state index in [0.29, 0.717) is 22.4 Å². The van der Waals surface area contributed by atoms with E-state index in [0.717, 1.165) is 63.0 Å². The van der Waals surface area contributed by atoms with Crippen molar-refractivity contribution in [3.63, 3.8) is 0 Å². The molecule has 0 saturated heterocycles. The van der Waals surface area contributed by atoms with Crippen LogP contribution >= 0.6 is 0 Å². The van der Waals surface area contributed by atoms with Gasteiger partial charge in [0.05, 0.1) is 39.4 Å². The second-order valence-electron chi connectivity index (χ2n) is 12.1. The van der Waals surface area contributed by atoms with Crippen LogP contribution in [-0.4, -0.2) is 62.8 Å². The Morgan fingerprint density at radius 2 is 1.30 bits per heavy atom. The van der Waals surface area contributed by atoms with Crippen LogP contribution in [0.4, 0.5) is 0 Å². The first kappa shape index (κ1) is 37.1. The molecule has 0 spiro atoms. The summed E-state index contributed by atoms with van der Waals surface area (Å²) in [5.41, 5.74) is 1.65. The van der Waals surface area contributed by atoms with E-state index in [-0.39, 0.29) is 42.0 Å². The van der Waals surface area contributed by atoms with Crippen molar-refractivity contribution in [2.75, 3.05) is 34.3 Å². The SMILES string of the molecule is CC(C)Oc1ccc(C(=O)Oc2ccc(OCCCCCCCCNC(=O)C(Cc3ccccc3)[N+](C)(C)C)cc2)cc1.[I-]. The minimum absolute atomic E-state index is 0. The molecule has 0 aromatic heterocycles. The standard InChI is InChI=1S/C36H48N2O5.HI/c1-28(2)42-32-19-17-30(18-20-32)36(40)43-33-23-21-31(22-24-33)41-26-14-9-7-6-8-13-25-37-35(39)34(38(3,4)5)27-29-15-11-10-12-16-29;/h10-12,15-24,28,34H,6-9,13-14,25-27H2,1-5H3;1H. The molecule has 0 aliphatic carbocycles. The van der Waals surface area contributed by atoms with Crippen LogP contribution in [0.5, 0.6) is 17.2 Å². The van der Waals surface area contributed by atoms with Crippen molar-refractivity contribution in [1.29, 1.82) is 0 Å². The highest BCUT2D eigenvalue weighted by molar-refractivity contribution is 5.91. The van der Waals surface area contributed by atoms with Gasteiger partial charge in [-0.3, -0.25) is 4.79 Å². The molecule has 7 nitrogen and oxygen atoms in total. The predicted molar refractivity (Wildman–Crippen MR) is 172 cm³/mol. The highest BCUT2D eigenvalue weighted by atomic mass is 127. The molecule has 3 aromatic carbocycles. The van der Waals surface area contributed by atoms with Crippen LogP contribution in [0.3, 0.4) is 0 Å². The average Bonchev–Trinajstić information content (AvgIpc) is 2.97. The summed E-state index contributed by atoms with van der Waals surface area (Å²) in [6.07, 6.45) is 7.28. The van der Waals surface area contributed by atoms with Gasteiger partial charge in [0.1, 0.15) is 17.2 Å². The van der Waals surface area contributed by atoms with Crippen molar-refractivity contribution in [2.45, 2.75) is 70.9 Å². The smallest absolute Gasteiger partial charge is 0.343 e. The molecule has 3 aromatic rings. The molecule has 3 rings (SSSR count). The van der Waals surface area contributed by atoms with Crippen molar-refractivity contribution < 1.29 is 52.3 Å². The van der Waals surface area contributed by atoms with Gasteiger partial charge in [0.15, 0.2) is 6.04 Å². The quantitative estimate of drug-likeness (QED) is 0.0713. The summed E-state index contributed by atoms with van der Waals surface area (Å²) in [5.74, 6) is 1.66. The van der Waals surface area contributed by atoms with Gasteiger partial charge in [-0.1, -0.05) is 56.0 Å². The summed E-state index contributed by atoms with van der Waals surface area (Å²) in [4.78, 5) is 25.3. The Kier molecular flexibility index (Phi) is 16.3. The number of ether oxygens (including phenoxy) is 3. The molecular weight excluding hydrogens is 667 g/mol. The Bertz CT molecular complexity index is 1240. The molecule has 8 heteroatoms. The number of likely N-dealkylation sites (N-methyl/N-ethyl adjacent to an activating group) is 1. The topological polar surface area (TPSA) is 73.9 Å². The molecule has 0 bridgehead atoms. The third-order valence-electron chi connectivity index (χ3n) is 7.14. The third kappa shape index (κ3) is 13.7. The number of halogens is 1. The average molecular weight is 717 g/mol. The summed E-state index contributed by atoms with van der Waals surface area (Å²) in [6, 6.07) is 24.2. The predicted octanol–water partition coefficient (Wildman–Crippen LogP) is 3.85. The van der Waals surface area contributed by atoms with E-state index in [4.69, 9.17) is 14.2 Å². The number of hydrogen-bond donors (Lipinski definition) is 1. The second kappa shape index (κ2) is 19.3. The summed E-state index contributed by atoms with van der Waals surface area (Å²) in [7, 11) is 6.23. The lowest BCUT2D eigenvalue weighted by atomic mass is 10.0. The monoisotopic (exact) mass is 716 g/mol. The van der Waals surface area contributed by atoms with E-state index in [2.05, 4.69) is 38.6 Å². The molecule has 240 valence electrons. The molecule has 1 atom stereocenters. The summed E-state index contributed by atoms with van der Waals surface area (Å²) in [6.45, 7) is 5.28. The lowest BCUT2D eigenvalue weighted by molar-refractivity contribution is -0.886. The van der Waals surface area contributed by atoms with Gasteiger partial charge in [0, 0.05) is 13.0 Å². The van der Waals surface area contributed by atoms with Crippen LogP contribution in [-0.2, 0) is 11.2 Å². The Morgan fingerprint density at radius 3 is 1.91 bits per heavy atom. The number of carbonyl (C=O) groups excluding carboxylic acids is 2. The van der Waals surface area contributed by atoms with E-state index in [1.165, 1.54) is 5.56 Å². The van der Waals surface area contributed by atoms with Gasteiger partial charge in [-0.15, -0.1) is 0 Å². The highest BCUT2D eigenvalue weighted by Gasteiger charge is 2.31. The van der Waals surface area contributed by atoms with E-state index < -0.39 is 5.97 Å². The minimum atomic E-state index is -0.413. The van der Waals surface area contributed by atoms with Gasteiger partial charge in [-0.25, -0.2) is 4.79 Å². The first-order valence-corrected chi connectivity index (χ1v) is 15.5. The molecule has 1 amide bonds. The number of unbranched alkanes of at least 4 members (excludes halogenated alkanes) is 5. The maximum absolute atomic E-state index is 12.9. The molecule has 0 aliphatic rings. The largest absolute Gasteiger partial charge is 1.00 e. The third-order valence-corrected chi connectivity index (χ3v) is 7.14. The van der Waals surface area contributed by atoms with Crippen LogP contribution in [0.2, 0.25) is 0 Å². The van der Waals surface area contributed by atoms with Crippen LogP contribution in [0.15, 0.2) is 78.9 Å². The molecular formula is C36H49IN2O5. The first-order valence-electron chi connectivity index (χ1n) is 15.5. The van der Waals surface area contributed by atoms with Crippen LogP contribution < -0.4 is 43.5 Å². The van der Waals surface area contributed by atoms with E-state index >= 15 is 0 Å². The Labute approximate surface area is 280 Å². The molecule has 0 radical (unpaired) electrons. The number of quaternary nitrogens is 1. The maximum atomic E-state index is 12.9. The highest BCUT2D eigenvalue weighted by Crippen LogP contribution is 2.20. The zero-order chi connectivity index (χ0) is 31.1. The van der Waals surface area contributed by atoms with E-state index in [1.54, 1.807) is 36.4 Å². The Hall–Kier alpha value is -3.11. The minimum Gasteiger partial charge on any atom is -1.00 e. The first-order chi connectivity index (χ1) is 20.6.